The second-order valence-corrected chi connectivity index (χ2v) is 6.16. The van der Waals surface area contributed by atoms with Crippen LogP contribution in [0.2, 0.25) is 0 Å². The van der Waals surface area contributed by atoms with Gasteiger partial charge in [0, 0.05) is 12.1 Å². The third-order valence-electron chi connectivity index (χ3n) is 4.65. The van der Waals surface area contributed by atoms with Crippen molar-refractivity contribution in [3.05, 3.63) is 35.9 Å². The van der Waals surface area contributed by atoms with Crippen LogP contribution in [0, 0.1) is 0 Å². The molecule has 5 nitrogen and oxygen atoms in total. The van der Waals surface area contributed by atoms with Gasteiger partial charge < -0.3 is 10.4 Å². The topological polar surface area (TPSA) is 69.6 Å². The van der Waals surface area contributed by atoms with E-state index in [2.05, 4.69) is 5.32 Å². The van der Waals surface area contributed by atoms with Crippen molar-refractivity contribution in [1.82, 2.24) is 10.2 Å². The van der Waals surface area contributed by atoms with E-state index in [0.29, 0.717) is 0 Å². The van der Waals surface area contributed by atoms with Crippen molar-refractivity contribution in [3.63, 3.8) is 0 Å². The van der Waals surface area contributed by atoms with E-state index in [0.717, 1.165) is 31.4 Å². The summed E-state index contributed by atoms with van der Waals surface area (Å²) in [5.74, 6) is -0.838. The van der Waals surface area contributed by atoms with E-state index in [4.69, 9.17) is 5.11 Å². The number of nitrogens with one attached hydrogen (secondary N) is 1. The Labute approximate surface area is 137 Å². The predicted octanol–water partition coefficient (Wildman–Crippen LogP) is 2.23. The first-order chi connectivity index (χ1) is 11.0. The highest BCUT2D eigenvalue weighted by atomic mass is 16.4. The van der Waals surface area contributed by atoms with Crippen molar-refractivity contribution in [3.8, 4) is 0 Å². The average Bonchev–Trinajstić information content (AvgIpc) is 2.50. The molecule has 0 spiro atoms. The molecule has 0 aliphatic heterocycles. The number of rotatable bonds is 8. The summed E-state index contributed by atoms with van der Waals surface area (Å²) in [5, 5.41) is 12.0. The molecule has 0 heterocycles. The Hall–Kier alpha value is -1.88. The van der Waals surface area contributed by atoms with Crippen molar-refractivity contribution in [2.75, 3.05) is 13.1 Å². The maximum absolute atomic E-state index is 12.5. The first-order valence-electron chi connectivity index (χ1n) is 8.36. The highest BCUT2D eigenvalue weighted by Gasteiger charge is 2.35. The predicted molar refractivity (Wildman–Crippen MR) is 89.3 cm³/mol. The van der Waals surface area contributed by atoms with Crippen LogP contribution in [-0.2, 0) is 9.59 Å². The molecule has 0 bridgehead atoms. The van der Waals surface area contributed by atoms with Crippen molar-refractivity contribution in [2.24, 2.45) is 0 Å². The fourth-order valence-corrected chi connectivity index (χ4v) is 3.24. The molecule has 0 aromatic heterocycles. The first-order valence-corrected chi connectivity index (χ1v) is 8.36. The molecular formula is C18H26N2O3. The zero-order chi connectivity index (χ0) is 16.8. The third kappa shape index (κ3) is 4.55. The summed E-state index contributed by atoms with van der Waals surface area (Å²) in [6.07, 6.45) is 2.43. The number of aliphatic carboxylic acids is 1. The second kappa shape index (κ2) is 8.11. The smallest absolute Gasteiger partial charge is 0.317 e. The van der Waals surface area contributed by atoms with Gasteiger partial charge in [-0.1, -0.05) is 44.2 Å². The Bertz CT molecular complexity index is 526. The lowest BCUT2D eigenvalue weighted by Gasteiger charge is -2.42. The number of nitrogens with zero attached hydrogens (tertiary/aromatic N) is 1. The third-order valence-corrected chi connectivity index (χ3v) is 4.65. The van der Waals surface area contributed by atoms with Crippen LogP contribution in [0.3, 0.4) is 0 Å². The molecule has 1 amide bonds. The lowest BCUT2D eigenvalue weighted by atomic mass is 9.84. The van der Waals surface area contributed by atoms with Gasteiger partial charge in [-0.25, -0.2) is 0 Å². The van der Waals surface area contributed by atoms with E-state index in [1.807, 2.05) is 49.1 Å². The van der Waals surface area contributed by atoms with Crippen molar-refractivity contribution < 1.29 is 14.7 Å². The maximum atomic E-state index is 12.5. The molecular weight excluding hydrogens is 292 g/mol. The fraction of sp³-hybridized carbons (Fsp3) is 0.556. The van der Waals surface area contributed by atoms with Gasteiger partial charge in [0.05, 0.1) is 12.5 Å². The van der Waals surface area contributed by atoms with Crippen LogP contribution in [0.5, 0.6) is 0 Å². The van der Waals surface area contributed by atoms with Gasteiger partial charge in [-0.05, 0) is 31.4 Å². The number of carboxylic acid groups (broad SMARTS) is 1. The van der Waals surface area contributed by atoms with Crippen molar-refractivity contribution in [2.45, 2.75) is 51.1 Å². The fourth-order valence-electron chi connectivity index (χ4n) is 3.24. The molecule has 0 radical (unpaired) electrons. The van der Waals surface area contributed by atoms with Crippen LogP contribution in [-0.4, -0.2) is 47.1 Å². The first kappa shape index (κ1) is 17.5. The van der Waals surface area contributed by atoms with Gasteiger partial charge in [-0.2, -0.15) is 0 Å². The number of benzene rings is 1. The minimum Gasteiger partial charge on any atom is -0.480 e. The van der Waals surface area contributed by atoms with E-state index in [1.54, 1.807) is 0 Å². The van der Waals surface area contributed by atoms with E-state index in [1.165, 1.54) is 0 Å². The zero-order valence-corrected chi connectivity index (χ0v) is 13.9. The van der Waals surface area contributed by atoms with Gasteiger partial charge in [0.2, 0.25) is 5.91 Å². The number of carbonyl (C=O) groups is 2. The average molecular weight is 318 g/mol. The Morgan fingerprint density at radius 2 is 1.91 bits per heavy atom. The van der Waals surface area contributed by atoms with Gasteiger partial charge in [0.1, 0.15) is 0 Å². The largest absolute Gasteiger partial charge is 0.480 e. The van der Waals surface area contributed by atoms with Gasteiger partial charge in [0.15, 0.2) is 0 Å². The number of hydrogen-bond acceptors (Lipinski definition) is 3. The summed E-state index contributed by atoms with van der Waals surface area (Å²) in [7, 11) is 0. The molecule has 5 heteroatoms. The molecule has 23 heavy (non-hydrogen) atoms. The summed E-state index contributed by atoms with van der Waals surface area (Å²) in [4.78, 5) is 25.3. The minimum absolute atomic E-state index is 0.0726. The number of carboxylic acids is 1. The number of hydrogen-bond donors (Lipinski definition) is 2. The highest BCUT2D eigenvalue weighted by molar-refractivity contribution is 5.84. The molecule has 0 saturated heterocycles. The molecule has 1 unspecified atom stereocenters. The summed E-state index contributed by atoms with van der Waals surface area (Å²) < 4.78 is 0. The summed E-state index contributed by atoms with van der Waals surface area (Å²) in [6, 6.07) is 10.3. The number of carbonyl (C=O) groups excluding carboxylic acids is 1. The van der Waals surface area contributed by atoms with Gasteiger partial charge in [-0.15, -0.1) is 0 Å². The Morgan fingerprint density at radius 1 is 1.26 bits per heavy atom. The van der Waals surface area contributed by atoms with E-state index >= 15 is 0 Å². The zero-order valence-electron chi connectivity index (χ0n) is 13.9. The Morgan fingerprint density at radius 3 is 2.43 bits per heavy atom. The van der Waals surface area contributed by atoms with Crippen LogP contribution in [0.4, 0.5) is 0 Å². The number of likely N-dealkylation sites (N-methyl/N-ethyl adjacent to an activating group) is 1. The summed E-state index contributed by atoms with van der Waals surface area (Å²) >= 11 is 0. The molecule has 1 aromatic rings. The SMILES string of the molecule is CCC(C(=O)NC1CC(N(CC)CC(=O)O)C1)c1ccccc1. The molecule has 1 fully saturated rings. The number of amides is 1. The normalized spacial score (nSPS) is 21.5. The Kier molecular flexibility index (Phi) is 6.16. The van der Waals surface area contributed by atoms with Crippen molar-refractivity contribution in [1.29, 1.82) is 0 Å². The minimum atomic E-state index is -0.797. The molecule has 2 N–H and O–H groups in total. The second-order valence-electron chi connectivity index (χ2n) is 6.16. The van der Waals surface area contributed by atoms with Crippen LogP contribution in [0.1, 0.15) is 44.6 Å². The molecule has 1 aliphatic carbocycles. The molecule has 1 aromatic carbocycles. The van der Waals surface area contributed by atoms with Crippen LogP contribution in [0.15, 0.2) is 30.3 Å². The quantitative estimate of drug-likeness (QED) is 0.771. The lowest BCUT2D eigenvalue weighted by molar-refractivity contribution is -0.139. The van der Waals surface area contributed by atoms with Crippen molar-refractivity contribution >= 4 is 11.9 Å². The van der Waals surface area contributed by atoms with E-state index < -0.39 is 5.97 Å². The molecule has 1 saturated carbocycles. The summed E-state index contributed by atoms with van der Waals surface area (Å²) in [5.41, 5.74) is 1.05. The van der Waals surface area contributed by atoms with Gasteiger partial charge >= 0.3 is 5.97 Å². The van der Waals surface area contributed by atoms with Crippen LogP contribution < -0.4 is 5.32 Å². The maximum Gasteiger partial charge on any atom is 0.317 e. The summed E-state index contributed by atoms with van der Waals surface area (Å²) in [6.45, 7) is 4.78. The van der Waals surface area contributed by atoms with Crippen LogP contribution >= 0.6 is 0 Å². The standard InChI is InChI=1S/C18H26N2O3/c1-3-16(13-8-6-5-7-9-13)18(23)19-14-10-15(11-14)20(4-2)12-17(21)22/h5-9,14-16H,3-4,10-12H2,1-2H3,(H,19,23)(H,21,22). The molecule has 2 rings (SSSR count). The van der Waals surface area contributed by atoms with Crippen LogP contribution in [0.25, 0.3) is 0 Å². The molecule has 126 valence electrons. The lowest BCUT2D eigenvalue weighted by Crippen LogP contribution is -2.55. The molecule has 1 aliphatic rings. The van der Waals surface area contributed by atoms with E-state index in [-0.39, 0.29) is 30.5 Å². The van der Waals surface area contributed by atoms with Gasteiger partial charge in [0.25, 0.3) is 0 Å². The van der Waals surface area contributed by atoms with Gasteiger partial charge in [-0.3, -0.25) is 14.5 Å². The molecule has 1 atom stereocenters. The highest BCUT2D eigenvalue weighted by Crippen LogP contribution is 2.27. The Balaban J connectivity index is 1.84. The van der Waals surface area contributed by atoms with E-state index in [9.17, 15) is 9.59 Å². The monoisotopic (exact) mass is 318 g/mol.